The molecule has 0 radical (unpaired) electrons. The van der Waals surface area contributed by atoms with Crippen LogP contribution in [0.5, 0.6) is 34.5 Å². The molecule has 3 heterocycles. The molecule has 19 heteroatoms. The van der Waals surface area contributed by atoms with E-state index in [2.05, 4.69) is 0 Å². The number of methoxy groups -OCH3 is 1. The lowest BCUT2D eigenvalue weighted by Crippen LogP contribution is -2.60. The first-order valence-electron chi connectivity index (χ1n) is 16.9. The second-order valence-corrected chi connectivity index (χ2v) is 12.8. The van der Waals surface area contributed by atoms with Crippen LogP contribution in [0.2, 0.25) is 0 Å². The number of fused-ring (bicyclic) bond motifs is 1. The molecule has 2 aliphatic rings. The maximum absolute atomic E-state index is 14.1. The molecule has 2 aliphatic heterocycles. The number of aliphatic hydroxyl groups is 7. The van der Waals surface area contributed by atoms with Crippen molar-refractivity contribution in [1.82, 2.24) is 0 Å². The molecule has 56 heavy (non-hydrogen) atoms. The molecule has 2 fully saturated rings. The van der Waals surface area contributed by atoms with Crippen molar-refractivity contribution in [3.63, 3.8) is 0 Å². The van der Waals surface area contributed by atoms with Gasteiger partial charge in [-0.1, -0.05) is 12.1 Å². The van der Waals surface area contributed by atoms with Gasteiger partial charge in [-0.25, -0.2) is 4.79 Å². The molecular formula is C37H38O19. The van der Waals surface area contributed by atoms with Crippen LogP contribution in [0.25, 0.3) is 28.4 Å². The third-order valence-electron chi connectivity index (χ3n) is 9.05. The van der Waals surface area contributed by atoms with Crippen molar-refractivity contribution in [1.29, 1.82) is 0 Å². The van der Waals surface area contributed by atoms with E-state index in [1.165, 1.54) is 55.7 Å². The van der Waals surface area contributed by atoms with E-state index in [4.69, 9.17) is 32.8 Å². The number of esters is 1. The molecule has 2 saturated heterocycles. The number of rotatable bonds is 11. The Morgan fingerprint density at radius 3 is 2.07 bits per heavy atom. The zero-order valence-corrected chi connectivity index (χ0v) is 29.2. The van der Waals surface area contributed by atoms with E-state index in [0.29, 0.717) is 5.56 Å². The second-order valence-electron chi connectivity index (χ2n) is 12.8. The van der Waals surface area contributed by atoms with Crippen LogP contribution >= 0.6 is 0 Å². The van der Waals surface area contributed by atoms with Crippen molar-refractivity contribution in [2.75, 3.05) is 20.3 Å². The van der Waals surface area contributed by atoms with Crippen LogP contribution in [0.4, 0.5) is 0 Å². The summed E-state index contributed by atoms with van der Waals surface area (Å²) in [5.74, 6) is -3.37. The molecule has 0 saturated carbocycles. The summed E-state index contributed by atoms with van der Waals surface area (Å²) in [5.41, 5.74) is -0.829. The van der Waals surface area contributed by atoms with Crippen LogP contribution in [0.3, 0.4) is 0 Å². The zero-order valence-electron chi connectivity index (χ0n) is 29.2. The molecule has 0 unspecified atom stereocenters. The normalized spacial score (nSPS) is 27.9. The van der Waals surface area contributed by atoms with Crippen LogP contribution in [-0.4, -0.2) is 139 Å². The van der Waals surface area contributed by atoms with Gasteiger partial charge in [0.1, 0.15) is 83.7 Å². The lowest BCUT2D eigenvalue weighted by atomic mass is 9.99. The first-order chi connectivity index (χ1) is 26.7. The number of phenolic OH excluding ortho intramolecular Hbond substituents is 3. The lowest BCUT2D eigenvalue weighted by molar-refractivity contribution is -0.278. The van der Waals surface area contributed by atoms with E-state index >= 15 is 0 Å². The Labute approximate surface area is 315 Å². The van der Waals surface area contributed by atoms with Crippen molar-refractivity contribution < 1.29 is 88.7 Å². The van der Waals surface area contributed by atoms with E-state index in [1.807, 2.05) is 0 Å². The third kappa shape index (κ3) is 8.21. The third-order valence-corrected chi connectivity index (χ3v) is 9.05. The van der Waals surface area contributed by atoms with Gasteiger partial charge in [-0.15, -0.1) is 0 Å². The van der Waals surface area contributed by atoms with Crippen LogP contribution < -0.4 is 19.6 Å². The van der Waals surface area contributed by atoms with E-state index in [9.17, 15) is 60.7 Å². The monoisotopic (exact) mass is 786 g/mol. The molecule has 3 aromatic carbocycles. The standard InChI is InChI=1S/C37H38O19/c1-50-21-10-16(5-8-19(21)40)34-35(29(45)26-20(41)11-18(12-22(26)53-34)52-36-32(48)30(46)27(43)23(13-38)54-36)56-37-33(49)31(47)28(44)24(55-37)14-51-25(42)9-4-15-2-6-17(39)7-3-15/h2-12,23-24,27-28,30-33,36-41,43-44,46-49H,13-14H2,1H3/b9-4+/t23-,24-,27-,28-,30+,31+,32-,33-,36-,37+/m0/s1. The number of hydrogen-bond acceptors (Lipinski definition) is 19. The summed E-state index contributed by atoms with van der Waals surface area (Å²) >= 11 is 0. The van der Waals surface area contributed by atoms with Crippen LogP contribution in [0.15, 0.2) is 69.9 Å². The van der Waals surface area contributed by atoms with Crippen molar-refractivity contribution in [3.8, 4) is 45.8 Å². The summed E-state index contributed by atoms with van der Waals surface area (Å²) in [5, 5.41) is 103. The largest absolute Gasteiger partial charge is 0.508 e. The van der Waals surface area contributed by atoms with Gasteiger partial charge in [0, 0.05) is 23.8 Å². The summed E-state index contributed by atoms with van der Waals surface area (Å²) in [6.07, 6.45) is -15.0. The Bertz CT molecular complexity index is 2110. The molecule has 10 N–H and O–H groups in total. The quantitative estimate of drug-likeness (QED) is 0.0658. The van der Waals surface area contributed by atoms with E-state index in [1.54, 1.807) is 0 Å². The summed E-state index contributed by atoms with van der Waals surface area (Å²) in [6.45, 7) is -1.40. The molecule has 0 amide bonds. The van der Waals surface area contributed by atoms with Gasteiger partial charge in [0.2, 0.25) is 23.8 Å². The molecule has 19 nitrogen and oxygen atoms in total. The number of benzene rings is 3. The van der Waals surface area contributed by atoms with E-state index in [-0.39, 0.29) is 34.1 Å². The Balaban J connectivity index is 1.32. The minimum atomic E-state index is -2.01. The summed E-state index contributed by atoms with van der Waals surface area (Å²) in [7, 11) is 1.25. The Morgan fingerprint density at radius 2 is 1.41 bits per heavy atom. The molecule has 0 aliphatic carbocycles. The fourth-order valence-corrected chi connectivity index (χ4v) is 5.97. The highest BCUT2D eigenvalue weighted by atomic mass is 16.7. The number of aliphatic hydroxyl groups excluding tert-OH is 7. The van der Waals surface area contributed by atoms with Gasteiger partial charge >= 0.3 is 5.97 Å². The molecule has 10 atom stereocenters. The van der Waals surface area contributed by atoms with Crippen molar-refractivity contribution in [2.45, 2.75) is 61.4 Å². The Hall–Kier alpha value is -5.48. The van der Waals surface area contributed by atoms with Gasteiger partial charge in [0.25, 0.3) is 0 Å². The second kappa shape index (κ2) is 16.7. The van der Waals surface area contributed by atoms with E-state index < -0.39 is 109 Å². The fourth-order valence-electron chi connectivity index (χ4n) is 5.97. The predicted octanol–water partition coefficient (Wildman–Crippen LogP) is -0.793. The van der Waals surface area contributed by atoms with Gasteiger partial charge in [0.05, 0.1) is 13.7 Å². The van der Waals surface area contributed by atoms with Crippen LogP contribution in [0.1, 0.15) is 5.56 Å². The molecule has 300 valence electrons. The Morgan fingerprint density at radius 1 is 0.768 bits per heavy atom. The molecule has 0 spiro atoms. The maximum Gasteiger partial charge on any atom is 0.330 e. The van der Waals surface area contributed by atoms with Crippen LogP contribution in [0, 0.1) is 0 Å². The van der Waals surface area contributed by atoms with Crippen molar-refractivity contribution in [3.05, 3.63) is 76.5 Å². The topological polar surface area (TPSA) is 305 Å². The highest BCUT2D eigenvalue weighted by Gasteiger charge is 2.47. The Kier molecular flexibility index (Phi) is 12.0. The number of ether oxygens (including phenoxy) is 6. The first kappa shape index (κ1) is 40.2. The van der Waals surface area contributed by atoms with Gasteiger partial charge < -0.3 is 83.9 Å². The van der Waals surface area contributed by atoms with Crippen molar-refractivity contribution >= 4 is 23.0 Å². The highest BCUT2D eigenvalue weighted by Crippen LogP contribution is 2.40. The highest BCUT2D eigenvalue weighted by molar-refractivity contribution is 5.89. The molecule has 1 aromatic heterocycles. The number of aromatic hydroxyl groups is 3. The SMILES string of the molecule is COc1cc(-c2oc3cc(O[C@H]4O[C@@H](CO)[C@H](O)[C@@H](O)[C@@H]4O)cc(O)c3c(=O)c2O[C@H]2O[C@@H](COC(=O)/C=C/c3ccc(O)cc3)[C@H](O)[C@@H](O)[C@@H]2O)ccc1O. The summed E-state index contributed by atoms with van der Waals surface area (Å²) in [4.78, 5) is 26.6. The fraction of sp³-hybridized carbons (Fsp3) is 0.351. The number of phenols is 3. The number of carbonyl (C=O) groups is 1. The zero-order chi connectivity index (χ0) is 40.4. The van der Waals surface area contributed by atoms with E-state index in [0.717, 1.165) is 18.2 Å². The molecule has 6 rings (SSSR count). The van der Waals surface area contributed by atoms with Gasteiger partial charge in [-0.05, 0) is 42.0 Å². The number of hydrogen-bond donors (Lipinski definition) is 10. The van der Waals surface area contributed by atoms with Crippen molar-refractivity contribution in [2.24, 2.45) is 0 Å². The lowest BCUT2D eigenvalue weighted by Gasteiger charge is -2.39. The maximum atomic E-state index is 14.1. The van der Waals surface area contributed by atoms with Crippen LogP contribution in [-0.2, 0) is 19.0 Å². The average molecular weight is 787 g/mol. The molecular weight excluding hydrogens is 748 g/mol. The minimum Gasteiger partial charge on any atom is -0.508 e. The first-order valence-corrected chi connectivity index (χ1v) is 16.9. The molecule has 4 aromatic rings. The smallest absolute Gasteiger partial charge is 0.330 e. The molecule has 0 bridgehead atoms. The summed E-state index contributed by atoms with van der Waals surface area (Å²) in [6, 6.07) is 11.7. The average Bonchev–Trinajstić information content (AvgIpc) is 3.18. The summed E-state index contributed by atoms with van der Waals surface area (Å²) < 4.78 is 38.9. The number of carbonyl (C=O) groups excluding carboxylic acids is 1. The van der Waals surface area contributed by atoms with Gasteiger partial charge in [-0.3, -0.25) is 4.79 Å². The van der Waals surface area contributed by atoms with Gasteiger partial charge in [0.15, 0.2) is 17.3 Å². The predicted molar refractivity (Wildman–Crippen MR) is 188 cm³/mol. The van der Waals surface area contributed by atoms with Gasteiger partial charge in [-0.2, -0.15) is 0 Å². The minimum absolute atomic E-state index is 0.0210.